The summed E-state index contributed by atoms with van der Waals surface area (Å²) in [6.07, 6.45) is 0.889. The molecular weight excluding hydrogens is 362 g/mol. The number of para-hydroxylation sites is 1. The first-order chi connectivity index (χ1) is 14.0. The van der Waals surface area contributed by atoms with Gasteiger partial charge in [-0.25, -0.2) is 4.79 Å². The molecule has 2 aromatic rings. The van der Waals surface area contributed by atoms with Gasteiger partial charge in [0, 0.05) is 63.4 Å². The summed E-state index contributed by atoms with van der Waals surface area (Å²) in [5.74, 6) is 0. The fourth-order valence-electron chi connectivity index (χ4n) is 3.55. The molecule has 0 aromatic heterocycles. The van der Waals surface area contributed by atoms with Crippen LogP contribution < -0.4 is 20.4 Å². The molecule has 2 amide bonds. The topological polar surface area (TPSA) is 50.9 Å². The summed E-state index contributed by atoms with van der Waals surface area (Å²) in [4.78, 5) is 19.2. The van der Waals surface area contributed by atoms with Crippen molar-refractivity contribution in [3.63, 3.8) is 0 Å². The minimum atomic E-state index is -0.150. The number of aryl methyl sites for hydroxylation is 1. The highest BCUT2D eigenvalue weighted by atomic mass is 16.2. The Morgan fingerprint density at radius 2 is 1.79 bits per heavy atom. The van der Waals surface area contributed by atoms with E-state index in [4.69, 9.17) is 0 Å². The van der Waals surface area contributed by atoms with E-state index in [1.807, 2.05) is 31.2 Å². The standard InChI is InChI=1S/C23H33N5O/c1-19-18-21(28-16-14-26(2)15-17-28)10-11-22(19)25-23(29)24-12-7-13-27(3)20-8-5-4-6-9-20/h4-6,8-11,18H,7,12-17H2,1-3H3,(H2,24,25,29). The van der Waals surface area contributed by atoms with Crippen molar-refractivity contribution < 1.29 is 4.79 Å². The Labute approximate surface area is 174 Å². The van der Waals surface area contributed by atoms with Crippen LogP contribution in [0, 0.1) is 6.92 Å². The van der Waals surface area contributed by atoms with Gasteiger partial charge in [-0.15, -0.1) is 0 Å². The van der Waals surface area contributed by atoms with Crippen LogP contribution >= 0.6 is 0 Å². The molecule has 1 aliphatic heterocycles. The molecule has 1 saturated heterocycles. The number of urea groups is 1. The lowest BCUT2D eigenvalue weighted by Crippen LogP contribution is -2.44. The van der Waals surface area contributed by atoms with Crippen molar-refractivity contribution in [2.24, 2.45) is 0 Å². The minimum Gasteiger partial charge on any atom is -0.375 e. The van der Waals surface area contributed by atoms with Gasteiger partial charge in [-0.1, -0.05) is 18.2 Å². The summed E-state index contributed by atoms with van der Waals surface area (Å²) >= 11 is 0. The molecule has 0 radical (unpaired) electrons. The Kier molecular flexibility index (Phi) is 7.36. The van der Waals surface area contributed by atoms with Crippen LogP contribution in [0.5, 0.6) is 0 Å². The average Bonchev–Trinajstić information content (AvgIpc) is 2.74. The van der Waals surface area contributed by atoms with Gasteiger partial charge in [0.15, 0.2) is 0 Å². The van der Waals surface area contributed by atoms with E-state index in [1.54, 1.807) is 0 Å². The first-order valence-electron chi connectivity index (χ1n) is 10.4. The van der Waals surface area contributed by atoms with Gasteiger partial charge < -0.3 is 25.3 Å². The summed E-state index contributed by atoms with van der Waals surface area (Å²) in [7, 11) is 4.23. The van der Waals surface area contributed by atoms with Crippen molar-refractivity contribution in [2.75, 3.05) is 68.5 Å². The van der Waals surface area contributed by atoms with E-state index in [-0.39, 0.29) is 6.03 Å². The van der Waals surface area contributed by atoms with Gasteiger partial charge in [0.2, 0.25) is 0 Å². The number of nitrogens with zero attached hydrogens (tertiary/aromatic N) is 3. The second-order valence-corrected chi connectivity index (χ2v) is 7.78. The number of hydrogen-bond acceptors (Lipinski definition) is 4. The molecular formula is C23H33N5O. The predicted molar refractivity (Wildman–Crippen MR) is 122 cm³/mol. The number of likely N-dealkylation sites (N-methyl/N-ethyl adjacent to an activating group) is 1. The normalized spacial score (nSPS) is 14.5. The number of hydrogen-bond donors (Lipinski definition) is 2. The van der Waals surface area contributed by atoms with Crippen LogP contribution in [-0.2, 0) is 0 Å². The third kappa shape index (κ3) is 6.12. The molecule has 2 aromatic carbocycles. The van der Waals surface area contributed by atoms with E-state index in [1.165, 1.54) is 11.4 Å². The average molecular weight is 396 g/mol. The molecule has 0 saturated carbocycles. The number of piperazine rings is 1. The quantitative estimate of drug-likeness (QED) is 0.706. The van der Waals surface area contributed by atoms with Crippen LogP contribution in [0.15, 0.2) is 48.5 Å². The van der Waals surface area contributed by atoms with Gasteiger partial charge in [0.25, 0.3) is 0 Å². The van der Waals surface area contributed by atoms with E-state index in [2.05, 4.69) is 63.7 Å². The van der Waals surface area contributed by atoms with E-state index < -0.39 is 0 Å². The molecule has 3 rings (SSSR count). The summed E-state index contributed by atoms with van der Waals surface area (Å²) in [5, 5.41) is 5.93. The van der Waals surface area contributed by atoms with Gasteiger partial charge in [-0.3, -0.25) is 0 Å². The highest BCUT2D eigenvalue weighted by molar-refractivity contribution is 5.90. The van der Waals surface area contributed by atoms with Crippen molar-refractivity contribution in [2.45, 2.75) is 13.3 Å². The molecule has 2 N–H and O–H groups in total. The minimum absolute atomic E-state index is 0.150. The van der Waals surface area contributed by atoms with Crippen LogP contribution in [0.3, 0.4) is 0 Å². The van der Waals surface area contributed by atoms with Gasteiger partial charge in [-0.05, 0) is 56.3 Å². The van der Waals surface area contributed by atoms with E-state index in [0.717, 1.165) is 50.4 Å². The monoisotopic (exact) mass is 395 g/mol. The van der Waals surface area contributed by atoms with Crippen molar-refractivity contribution in [1.82, 2.24) is 10.2 Å². The Balaban J connectivity index is 1.42. The highest BCUT2D eigenvalue weighted by Gasteiger charge is 2.15. The highest BCUT2D eigenvalue weighted by Crippen LogP contribution is 2.23. The third-order valence-electron chi connectivity index (χ3n) is 5.48. The molecule has 1 aliphatic rings. The predicted octanol–water partition coefficient (Wildman–Crippen LogP) is 3.39. The first kappa shape index (κ1) is 21.0. The largest absolute Gasteiger partial charge is 0.375 e. The Hall–Kier alpha value is -2.73. The molecule has 29 heavy (non-hydrogen) atoms. The molecule has 6 nitrogen and oxygen atoms in total. The molecule has 0 unspecified atom stereocenters. The number of anilines is 3. The molecule has 0 atom stereocenters. The lowest BCUT2D eigenvalue weighted by Gasteiger charge is -2.34. The number of nitrogens with one attached hydrogen (secondary N) is 2. The SMILES string of the molecule is Cc1cc(N2CCN(C)CC2)ccc1NC(=O)NCCCN(C)c1ccccc1. The fraction of sp³-hybridized carbons (Fsp3) is 0.435. The number of amides is 2. The van der Waals surface area contributed by atoms with Crippen molar-refractivity contribution in [3.05, 3.63) is 54.1 Å². The van der Waals surface area contributed by atoms with Crippen LogP contribution in [0.2, 0.25) is 0 Å². The van der Waals surface area contributed by atoms with Gasteiger partial charge in [0.1, 0.15) is 0 Å². The maximum Gasteiger partial charge on any atom is 0.319 e. The number of carbonyl (C=O) groups is 1. The van der Waals surface area contributed by atoms with Gasteiger partial charge in [0.05, 0.1) is 0 Å². The van der Waals surface area contributed by atoms with Gasteiger partial charge in [-0.2, -0.15) is 0 Å². The first-order valence-corrected chi connectivity index (χ1v) is 10.4. The van der Waals surface area contributed by atoms with Crippen molar-refractivity contribution in [1.29, 1.82) is 0 Å². The van der Waals surface area contributed by atoms with Crippen LogP contribution in [0.4, 0.5) is 21.9 Å². The summed E-state index contributed by atoms with van der Waals surface area (Å²) in [6.45, 7) is 7.83. The summed E-state index contributed by atoms with van der Waals surface area (Å²) < 4.78 is 0. The molecule has 156 valence electrons. The summed E-state index contributed by atoms with van der Waals surface area (Å²) in [5.41, 5.74) is 4.36. The van der Waals surface area contributed by atoms with Crippen molar-refractivity contribution >= 4 is 23.1 Å². The van der Waals surface area contributed by atoms with Gasteiger partial charge >= 0.3 is 6.03 Å². The molecule has 6 heteroatoms. The lowest BCUT2D eigenvalue weighted by atomic mass is 10.1. The van der Waals surface area contributed by atoms with Crippen molar-refractivity contribution in [3.8, 4) is 0 Å². The van der Waals surface area contributed by atoms with E-state index in [9.17, 15) is 4.79 Å². The molecule has 1 fully saturated rings. The molecule has 0 spiro atoms. The second-order valence-electron chi connectivity index (χ2n) is 7.78. The van der Waals surface area contributed by atoms with E-state index >= 15 is 0 Å². The van der Waals surface area contributed by atoms with Crippen LogP contribution in [0.1, 0.15) is 12.0 Å². The number of benzene rings is 2. The molecule has 1 heterocycles. The Morgan fingerprint density at radius 1 is 1.07 bits per heavy atom. The molecule has 0 aliphatic carbocycles. The Morgan fingerprint density at radius 3 is 2.48 bits per heavy atom. The maximum atomic E-state index is 12.3. The molecule has 0 bridgehead atoms. The third-order valence-corrected chi connectivity index (χ3v) is 5.48. The maximum absolute atomic E-state index is 12.3. The lowest BCUT2D eigenvalue weighted by molar-refractivity contribution is 0.252. The summed E-state index contributed by atoms with van der Waals surface area (Å²) in [6, 6.07) is 16.4. The zero-order valence-electron chi connectivity index (χ0n) is 17.8. The zero-order chi connectivity index (χ0) is 20.6. The number of carbonyl (C=O) groups excluding carboxylic acids is 1. The van der Waals surface area contributed by atoms with E-state index in [0.29, 0.717) is 6.54 Å². The fourth-order valence-corrected chi connectivity index (χ4v) is 3.55. The second kappa shape index (κ2) is 10.2. The Bertz CT molecular complexity index is 787. The van der Waals surface area contributed by atoms with Crippen LogP contribution in [0.25, 0.3) is 0 Å². The van der Waals surface area contributed by atoms with Crippen LogP contribution in [-0.4, -0.2) is 64.3 Å². The number of rotatable bonds is 7. The zero-order valence-corrected chi connectivity index (χ0v) is 17.8. The smallest absolute Gasteiger partial charge is 0.319 e.